The summed E-state index contributed by atoms with van der Waals surface area (Å²) in [7, 11) is 0. The Hall–Kier alpha value is -1.42. The molecule has 16 heavy (non-hydrogen) atoms. The lowest BCUT2D eigenvalue weighted by Gasteiger charge is -2.06. The van der Waals surface area contributed by atoms with Crippen LogP contribution in [-0.2, 0) is 12.8 Å². The Morgan fingerprint density at radius 1 is 1.31 bits per heavy atom. The SMILES string of the molecule is CCCc1ccccc1Cc1nc(=S)o[nH]1. The van der Waals surface area contributed by atoms with Crippen molar-refractivity contribution in [2.45, 2.75) is 26.2 Å². The van der Waals surface area contributed by atoms with Crippen LogP contribution in [0.5, 0.6) is 0 Å². The summed E-state index contributed by atoms with van der Waals surface area (Å²) in [5.74, 6) is 0.786. The zero-order chi connectivity index (χ0) is 11.4. The number of benzene rings is 1. The van der Waals surface area contributed by atoms with Gasteiger partial charge >= 0.3 is 4.84 Å². The number of aryl methyl sites for hydroxylation is 1. The van der Waals surface area contributed by atoms with E-state index in [1.807, 2.05) is 6.07 Å². The zero-order valence-electron chi connectivity index (χ0n) is 9.19. The van der Waals surface area contributed by atoms with Gasteiger partial charge in [-0.1, -0.05) is 37.6 Å². The van der Waals surface area contributed by atoms with Gasteiger partial charge in [-0.15, -0.1) is 0 Å². The molecule has 0 spiro atoms. The highest BCUT2D eigenvalue weighted by Gasteiger charge is 2.04. The number of hydrogen-bond acceptors (Lipinski definition) is 3. The fourth-order valence-electron chi connectivity index (χ4n) is 1.76. The van der Waals surface area contributed by atoms with E-state index in [9.17, 15) is 0 Å². The predicted molar refractivity (Wildman–Crippen MR) is 64.9 cm³/mol. The first kappa shape index (κ1) is 11.1. The third kappa shape index (κ3) is 2.58. The topological polar surface area (TPSA) is 41.8 Å². The van der Waals surface area contributed by atoms with Crippen molar-refractivity contribution >= 4 is 12.2 Å². The van der Waals surface area contributed by atoms with Crippen LogP contribution in [0.25, 0.3) is 0 Å². The van der Waals surface area contributed by atoms with Gasteiger partial charge in [-0.2, -0.15) is 4.98 Å². The molecule has 2 aromatic rings. The lowest BCUT2D eigenvalue weighted by atomic mass is 10.0. The molecule has 0 aliphatic heterocycles. The molecule has 0 radical (unpaired) electrons. The van der Waals surface area contributed by atoms with Crippen LogP contribution in [0, 0.1) is 4.84 Å². The van der Waals surface area contributed by atoms with Crippen LogP contribution in [-0.4, -0.2) is 10.1 Å². The predicted octanol–water partition coefficient (Wildman–Crippen LogP) is 3.28. The fourth-order valence-corrected chi connectivity index (χ4v) is 1.91. The molecular formula is C12H14N2OS. The maximum absolute atomic E-state index is 4.92. The van der Waals surface area contributed by atoms with Crippen molar-refractivity contribution in [2.24, 2.45) is 0 Å². The number of aromatic nitrogens is 2. The van der Waals surface area contributed by atoms with E-state index in [0.717, 1.165) is 25.1 Å². The monoisotopic (exact) mass is 234 g/mol. The number of aromatic amines is 1. The summed E-state index contributed by atoms with van der Waals surface area (Å²) in [6.07, 6.45) is 2.98. The van der Waals surface area contributed by atoms with Crippen molar-refractivity contribution in [1.82, 2.24) is 10.1 Å². The van der Waals surface area contributed by atoms with Crippen molar-refractivity contribution in [3.63, 3.8) is 0 Å². The molecule has 2 rings (SSSR count). The van der Waals surface area contributed by atoms with Crippen molar-refractivity contribution in [3.05, 3.63) is 46.1 Å². The van der Waals surface area contributed by atoms with E-state index in [1.54, 1.807) is 0 Å². The zero-order valence-corrected chi connectivity index (χ0v) is 10.0. The third-order valence-electron chi connectivity index (χ3n) is 2.48. The van der Waals surface area contributed by atoms with Gasteiger partial charge in [0.15, 0.2) is 0 Å². The van der Waals surface area contributed by atoms with Gasteiger partial charge in [0.25, 0.3) is 0 Å². The molecule has 1 N–H and O–H groups in total. The van der Waals surface area contributed by atoms with E-state index < -0.39 is 0 Å². The summed E-state index contributed by atoms with van der Waals surface area (Å²) in [4.78, 5) is 4.37. The second kappa shape index (κ2) is 5.07. The van der Waals surface area contributed by atoms with E-state index in [0.29, 0.717) is 0 Å². The Labute approximate surface area is 99.5 Å². The van der Waals surface area contributed by atoms with Crippen LogP contribution >= 0.6 is 12.2 Å². The Morgan fingerprint density at radius 3 is 2.69 bits per heavy atom. The number of nitrogens with one attached hydrogen (secondary N) is 1. The van der Waals surface area contributed by atoms with Crippen molar-refractivity contribution < 1.29 is 4.52 Å². The van der Waals surface area contributed by atoms with Gasteiger partial charge in [0.1, 0.15) is 5.82 Å². The Kier molecular flexibility index (Phi) is 3.51. The third-order valence-corrected chi connectivity index (χ3v) is 2.65. The molecular weight excluding hydrogens is 220 g/mol. The average molecular weight is 234 g/mol. The van der Waals surface area contributed by atoms with Gasteiger partial charge in [-0.3, -0.25) is 0 Å². The van der Waals surface area contributed by atoms with Gasteiger partial charge in [0, 0.05) is 6.42 Å². The summed E-state index contributed by atoms with van der Waals surface area (Å²) in [6, 6.07) is 8.40. The lowest BCUT2D eigenvalue weighted by molar-refractivity contribution is 0.399. The molecule has 1 aromatic heterocycles. The standard InChI is InChI=1S/C12H14N2OS/c1-2-5-9-6-3-4-7-10(9)8-11-13-12(16)15-14-11/h3-4,6-7H,2,5,8H2,1H3,(H,13,14,16). The number of nitrogens with zero attached hydrogens (tertiary/aromatic N) is 1. The maximum Gasteiger partial charge on any atom is 0.314 e. The lowest BCUT2D eigenvalue weighted by Crippen LogP contribution is -1.96. The summed E-state index contributed by atoms with van der Waals surface area (Å²) in [5.41, 5.74) is 2.65. The van der Waals surface area contributed by atoms with Crippen LogP contribution in [0.4, 0.5) is 0 Å². The molecule has 0 saturated carbocycles. The highest BCUT2D eigenvalue weighted by Crippen LogP contribution is 2.14. The van der Waals surface area contributed by atoms with E-state index in [-0.39, 0.29) is 4.84 Å². The second-order valence-electron chi connectivity index (χ2n) is 3.72. The van der Waals surface area contributed by atoms with Crippen LogP contribution in [0.15, 0.2) is 28.8 Å². The van der Waals surface area contributed by atoms with Gasteiger partial charge in [-0.25, -0.2) is 5.16 Å². The van der Waals surface area contributed by atoms with E-state index >= 15 is 0 Å². The summed E-state index contributed by atoms with van der Waals surface area (Å²) >= 11 is 4.82. The molecule has 1 heterocycles. The molecule has 0 bridgehead atoms. The largest absolute Gasteiger partial charge is 0.348 e. The maximum atomic E-state index is 4.92. The molecule has 1 aromatic carbocycles. The molecule has 0 amide bonds. The normalized spacial score (nSPS) is 10.6. The number of rotatable bonds is 4. The van der Waals surface area contributed by atoms with Crippen LogP contribution in [0.1, 0.15) is 30.3 Å². The van der Waals surface area contributed by atoms with Crippen molar-refractivity contribution in [3.8, 4) is 0 Å². The highest BCUT2D eigenvalue weighted by atomic mass is 32.1. The van der Waals surface area contributed by atoms with Gasteiger partial charge in [0.05, 0.1) is 0 Å². The Balaban J connectivity index is 2.23. The summed E-state index contributed by atoms with van der Waals surface area (Å²) in [5, 5.41) is 2.73. The number of hydrogen-bond donors (Lipinski definition) is 1. The quantitative estimate of drug-likeness (QED) is 0.825. The first-order chi connectivity index (χ1) is 7.79. The molecule has 0 atom stereocenters. The Bertz CT molecular complexity index is 515. The van der Waals surface area contributed by atoms with Crippen LogP contribution in [0.2, 0.25) is 0 Å². The minimum Gasteiger partial charge on any atom is -0.348 e. The molecule has 84 valence electrons. The smallest absolute Gasteiger partial charge is 0.314 e. The Morgan fingerprint density at radius 2 is 2.06 bits per heavy atom. The van der Waals surface area contributed by atoms with E-state index in [4.69, 9.17) is 16.7 Å². The summed E-state index contributed by atoms with van der Waals surface area (Å²) < 4.78 is 4.92. The van der Waals surface area contributed by atoms with Crippen LogP contribution < -0.4 is 0 Å². The minimum atomic E-state index is 0.267. The molecule has 4 heteroatoms. The molecule has 0 aliphatic rings. The first-order valence-corrected chi connectivity index (χ1v) is 5.81. The van der Waals surface area contributed by atoms with Gasteiger partial charge < -0.3 is 4.52 Å². The second-order valence-corrected chi connectivity index (χ2v) is 4.07. The number of H-pyrrole nitrogens is 1. The molecule has 0 saturated heterocycles. The van der Waals surface area contributed by atoms with E-state index in [1.165, 1.54) is 11.1 Å². The fraction of sp³-hybridized carbons (Fsp3) is 0.333. The average Bonchev–Trinajstić information content (AvgIpc) is 2.67. The first-order valence-electron chi connectivity index (χ1n) is 5.40. The summed E-state index contributed by atoms with van der Waals surface area (Å²) in [6.45, 7) is 2.18. The highest BCUT2D eigenvalue weighted by molar-refractivity contribution is 7.71. The van der Waals surface area contributed by atoms with E-state index in [2.05, 4.69) is 35.3 Å². The molecule has 0 aliphatic carbocycles. The van der Waals surface area contributed by atoms with Crippen molar-refractivity contribution in [2.75, 3.05) is 0 Å². The minimum absolute atomic E-state index is 0.267. The molecule has 0 fully saturated rings. The molecule has 3 nitrogen and oxygen atoms in total. The van der Waals surface area contributed by atoms with Gasteiger partial charge in [-0.05, 0) is 29.8 Å². The van der Waals surface area contributed by atoms with Crippen molar-refractivity contribution in [1.29, 1.82) is 0 Å². The van der Waals surface area contributed by atoms with Crippen LogP contribution in [0.3, 0.4) is 0 Å². The molecule has 0 unspecified atom stereocenters. The van der Waals surface area contributed by atoms with Gasteiger partial charge in [0.2, 0.25) is 0 Å².